The second-order valence-corrected chi connectivity index (χ2v) is 6.42. The number of carbonyl (C=O) groups excluding carboxylic acids is 1. The lowest BCUT2D eigenvalue weighted by Gasteiger charge is -2.23. The van der Waals surface area contributed by atoms with Gasteiger partial charge < -0.3 is 15.5 Å². The molecule has 0 aromatic heterocycles. The number of Topliss-reactive ketones (excluding diaryl/α,β-unsaturated/α-hetero) is 1. The van der Waals surface area contributed by atoms with E-state index in [9.17, 15) is 14.4 Å². The molecule has 0 amide bonds. The van der Waals surface area contributed by atoms with Gasteiger partial charge in [0.25, 0.3) is 0 Å². The van der Waals surface area contributed by atoms with E-state index < -0.39 is 11.9 Å². The standard InChI is InChI=1S/C16H30N2O5/c1-11(2)16(23)13(17-12(3)4)7-5-6-8-18(9-14(19)20)10-15(21)22/h11-13,17H,5-10H2,1-4H3,(H,19,20)(H,21,22)/t13-/m0/s1. The van der Waals surface area contributed by atoms with Crippen molar-refractivity contribution in [3.05, 3.63) is 0 Å². The largest absolute Gasteiger partial charge is 0.480 e. The van der Waals surface area contributed by atoms with Crippen molar-refractivity contribution < 1.29 is 24.6 Å². The molecule has 134 valence electrons. The van der Waals surface area contributed by atoms with E-state index in [1.807, 2.05) is 27.7 Å². The van der Waals surface area contributed by atoms with Crippen LogP contribution in [-0.4, -0.2) is 64.6 Å². The summed E-state index contributed by atoms with van der Waals surface area (Å²) in [5.74, 6) is -1.95. The first-order valence-corrected chi connectivity index (χ1v) is 8.09. The van der Waals surface area contributed by atoms with Crippen LogP contribution in [0, 0.1) is 5.92 Å². The Hall–Kier alpha value is -1.47. The van der Waals surface area contributed by atoms with Crippen LogP contribution in [0.3, 0.4) is 0 Å². The fourth-order valence-electron chi connectivity index (χ4n) is 2.39. The summed E-state index contributed by atoms with van der Waals surface area (Å²) in [4.78, 5) is 35.0. The first-order chi connectivity index (χ1) is 10.6. The highest BCUT2D eigenvalue weighted by Gasteiger charge is 2.21. The molecule has 0 unspecified atom stereocenters. The number of aliphatic carboxylic acids is 2. The third-order valence-corrected chi connectivity index (χ3v) is 3.38. The molecule has 0 aromatic rings. The summed E-state index contributed by atoms with van der Waals surface area (Å²) in [6, 6.07) is 0.000571. The van der Waals surface area contributed by atoms with Crippen molar-refractivity contribution >= 4 is 17.7 Å². The minimum atomic E-state index is -1.04. The maximum Gasteiger partial charge on any atom is 0.317 e. The molecule has 7 heteroatoms. The number of nitrogens with zero attached hydrogens (tertiary/aromatic N) is 1. The summed E-state index contributed by atoms with van der Waals surface area (Å²) in [6.07, 6.45) is 2.06. The summed E-state index contributed by atoms with van der Waals surface area (Å²) in [6.45, 7) is 7.54. The average Bonchev–Trinajstić information content (AvgIpc) is 2.39. The van der Waals surface area contributed by atoms with Gasteiger partial charge >= 0.3 is 11.9 Å². The maximum absolute atomic E-state index is 12.2. The van der Waals surface area contributed by atoms with Crippen molar-refractivity contribution in [3.63, 3.8) is 0 Å². The summed E-state index contributed by atoms with van der Waals surface area (Å²) in [7, 11) is 0. The Morgan fingerprint density at radius 2 is 1.48 bits per heavy atom. The SMILES string of the molecule is CC(C)N[C@@H](CCCCN(CC(=O)O)CC(=O)O)C(=O)C(C)C. The second kappa shape index (κ2) is 11.1. The van der Waals surface area contributed by atoms with E-state index in [-0.39, 0.29) is 36.9 Å². The van der Waals surface area contributed by atoms with E-state index in [4.69, 9.17) is 10.2 Å². The Morgan fingerprint density at radius 1 is 0.957 bits per heavy atom. The van der Waals surface area contributed by atoms with Crippen molar-refractivity contribution in [2.24, 2.45) is 5.92 Å². The van der Waals surface area contributed by atoms with Crippen LogP contribution < -0.4 is 5.32 Å². The number of hydrogen-bond donors (Lipinski definition) is 3. The number of rotatable bonds is 13. The number of hydrogen-bond acceptors (Lipinski definition) is 5. The molecule has 0 fully saturated rings. The highest BCUT2D eigenvalue weighted by atomic mass is 16.4. The molecule has 0 saturated heterocycles. The van der Waals surface area contributed by atoms with Gasteiger partial charge in [0.15, 0.2) is 5.78 Å². The Balaban J connectivity index is 4.36. The summed E-state index contributed by atoms with van der Waals surface area (Å²) >= 11 is 0. The monoisotopic (exact) mass is 330 g/mol. The van der Waals surface area contributed by atoms with Crippen LogP contribution in [0.1, 0.15) is 47.0 Å². The quantitative estimate of drug-likeness (QED) is 0.436. The molecule has 7 nitrogen and oxygen atoms in total. The fraction of sp³-hybridized carbons (Fsp3) is 0.812. The van der Waals surface area contributed by atoms with Gasteiger partial charge in [-0.25, -0.2) is 0 Å². The van der Waals surface area contributed by atoms with Crippen molar-refractivity contribution in [2.75, 3.05) is 19.6 Å². The first-order valence-electron chi connectivity index (χ1n) is 8.09. The van der Waals surface area contributed by atoms with E-state index in [2.05, 4.69) is 5.32 Å². The zero-order valence-electron chi connectivity index (χ0n) is 14.5. The summed E-state index contributed by atoms with van der Waals surface area (Å²) < 4.78 is 0. The van der Waals surface area contributed by atoms with Gasteiger partial charge in [0.05, 0.1) is 19.1 Å². The van der Waals surface area contributed by atoms with E-state index in [0.29, 0.717) is 19.4 Å². The summed E-state index contributed by atoms with van der Waals surface area (Å²) in [5.41, 5.74) is 0. The highest BCUT2D eigenvalue weighted by molar-refractivity contribution is 5.85. The molecule has 0 aromatic carbocycles. The van der Waals surface area contributed by atoms with Crippen molar-refractivity contribution in [3.8, 4) is 0 Å². The number of carboxylic acids is 2. The number of ketones is 1. The van der Waals surface area contributed by atoms with E-state index in [1.165, 1.54) is 4.90 Å². The van der Waals surface area contributed by atoms with Crippen LogP contribution >= 0.6 is 0 Å². The van der Waals surface area contributed by atoms with Crippen LogP contribution in [-0.2, 0) is 14.4 Å². The third-order valence-electron chi connectivity index (χ3n) is 3.38. The predicted molar refractivity (Wildman–Crippen MR) is 87.5 cm³/mol. The smallest absolute Gasteiger partial charge is 0.317 e. The van der Waals surface area contributed by atoms with Crippen molar-refractivity contribution in [1.82, 2.24) is 10.2 Å². The van der Waals surface area contributed by atoms with Crippen LogP contribution in [0.2, 0.25) is 0 Å². The van der Waals surface area contributed by atoms with Crippen LogP contribution in [0.25, 0.3) is 0 Å². The predicted octanol–water partition coefficient (Wildman–Crippen LogP) is 1.22. The molecule has 0 aliphatic heterocycles. The van der Waals surface area contributed by atoms with Crippen molar-refractivity contribution in [1.29, 1.82) is 0 Å². The van der Waals surface area contributed by atoms with E-state index in [1.54, 1.807) is 0 Å². The van der Waals surface area contributed by atoms with E-state index >= 15 is 0 Å². The molecule has 0 bridgehead atoms. The highest BCUT2D eigenvalue weighted by Crippen LogP contribution is 2.09. The third kappa shape index (κ3) is 10.8. The van der Waals surface area contributed by atoms with Gasteiger partial charge in [0, 0.05) is 12.0 Å². The van der Waals surface area contributed by atoms with Gasteiger partial charge in [-0.2, -0.15) is 0 Å². The minimum Gasteiger partial charge on any atom is -0.480 e. The average molecular weight is 330 g/mol. The van der Waals surface area contributed by atoms with Crippen molar-refractivity contribution in [2.45, 2.75) is 59.0 Å². The van der Waals surface area contributed by atoms with Crippen LogP contribution in [0.5, 0.6) is 0 Å². The molecule has 23 heavy (non-hydrogen) atoms. The number of carbonyl (C=O) groups is 3. The molecule has 0 radical (unpaired) electrons. The van der Waals surface area contributed by atoms with E-state index in [0.717, 1.165) is 6.42 Å². The first kappa shape index (κ1) is 21.5. The minimum absolute atomic E-state index is 0.0400. The van der Waals surface area contributed by atoms with Gasteiger partial charge in [-0.3, -0.25) is 19.3 Å². The molecule has 0 heterocycles. The molecule has 0 aliphatic rings. The Bertz CT molecular complexity index is 380. The lowest BCUT2D eigenvalue weighted by atomic mass is 9.96. The second-order valence-electron chi connectivity index (χ2n) is 6.42. The lowest BCUT2D eigenvalue weighted by molar-refractivity contribution is -0.141. The van der Waals surface area contributed by atoms with Gasteiger partial charge in [0.1, 0.15) is 0 Å². The van der Waals surface area contributed by atoms with Crippen LogP contribution in [0.15, 0.2) is 0 Å². The molecule has 1 atom stereocenters. The topological polar surface area (TPSA) is 107 Å². The van der Waals surface area contributed by atoms with Gasteiger partial charge in [-0.05, 0) is 19.4 Å². The molecular weight excluding hydrogens is 300 g/mol. The molecule has 0 saturated carbocycles. The zero-order valence-corrected chi connectivity index (χ0v) is 14.5. The number of carboxylic acid groups (broad SMARTS) is 2. The summed E-state index contributed by atoms with van der Waals surface area (Å²) in [5, 5.41) is 20.8. The normalized spacial score (nSPS) is 12.8. The molecule has 0 spiro atoms. The molecule has 3 N–H and O–H groups in total. The fourth-order valence-corrected chi connectivity index (χ4v) is 2.39. The lowest BCUT2D eigenvalue weighted by Crippen LogP contribution is -2.43. The van der Waals surface area contributed by atoms with Gasteiger partial charge in [-0.1, -0.05) is 34.1 Å². The molecule has 0 rings (SSSR count). The Kier molecular flexibility index (Phi) is 10.4. The molecule has 0 aliphatic carbocycles. The maximum atomic E-state index is 12.2. The van der Waals surface area contributed by atoms with Gasteiger partial charge in [-0.15, -0.1) is 0 Å². The zero-order chi connectivity index (χ0) is 18.0. The molecular formula is C16H30N2O5. The van der Waals surface area contributed by atoms with Crippen LogP contribution in [0.4, 0.5) is 0 Å². The number of nitrogens with one attached hydrogen (secondary N) is 1. The Morgan fingerprint density at radius 3 is 1.87 bits per heavy atom. The van der Waals surface area contributed by atoms with Gasteiger partial charge in [0.2, 0.25) is 0 Å². The number of unbranched alkanes of at least 4 members (excludes halogenated alkanes) is 1. The Labute approximate surface area is 138 Å².